The number of ether oxygens (including phenoxy) is 1. The van der Waals surface area contributed by atoms with Crippen molar-refractivity contribution in [2.75, 3.05) is 7.11 Å². The third kappa shape index (κ3) is 1.81. The van der Waals surface area contributed by atoms with Crippen molar-refractivity contribution in [3.05, 3.63) is 57.1 Å². The molecule has 3 heterocycles. The molecule has 2 aliphatic heterocycles. The number of nitrogens with zero attached hydrogens (tertiary/aromatic N) is 2. The second-order valence-corrected chi connectivity index (χ2v) is 5.99. The second-order valence-electron chi connectivity index (χ2n) is 5.99. The summed E-state index contributed by atoms with van der Waals surface area (Å²) >= 11 is 0. The van der Waals surface area contributed by atoms with Crippen LogP contribution in [0.25, 0.3) is 27.7 Å². The molecule has 0 amide bonds. The summed E-state index contributed by atoms with van der Waals surface area (Å²) in [6, 6.07) is 9.68. The third-order valence-corrected chi connectivity index (χ3v) is 4.62. The molecule has 2 aromatic rings. The number of aryl methyl sites for hydroxylation is 1. The Labute approximate surface area is 138 Å². The summed E-state index contributed by atoms with van der Waals surface area (Å²) in [5.41, 5.74) is 1.07. The van der Waals surface area contributed by atoms with E-state index in [0.29, 0.717) is 5.69 Å². The van der Waals surface area contributed by atoms with E-state index in [1.807, 2.05) is 41.1 Å². The van der Waals surface area contributed by atoms with Crippen LogP contribution in [0.5, 0.6) is 5.75 Å². The quantitative estimate of drug-likeness (QED) is 0.543. The number of benzene rings is 1. The molecule has 0 saturated heterocycles. The molecule has 0 fully saturated rings. The highest BCUT2D eigenvalue weighted by Gasteiger charge is 2.27. The summed E-state index contributed by atoms with van der Waals surface area (Å²) in [6.07, 6.45) is 4.01. The van der Waals surface area contributed by atoms with Gasteiger partial charge >= 0.3 is 5.56 Å². The topological polar surface area (TPSA) is 52.7 Å². The zero-order valence-corrected chi connectivity index (χ0v) is 13.7. The van der Waals surface area contributed by atoms with Gasteiger partial charge in [-0.3, -0.25) is 14.0 Å². The summed E-state index contributed by atoms with van der Waals surface area (Å²) in [7, 11) is 1.45. The molecule has 0 radical (unpaired) electrons. The molecular weight excluding hydrogens is 304 g/mol. The maximum atomic E-state index is 12.7. The van der Waals surface area contributed by atoms with Crippen molar-refractivity contribution in [3.8, 4) is 17.1 Å². The summed E-state index contributed by atoms with van der Waals surface area (Å²) in [5.74, 6) is 0.136. The van der Waals surface area contributed by atoms with Crippen LogP contribution in [0.2, 0.25) is 0 Å². The van der Waals surface area contributed by atoms with Gasteiger partial charge in [0.25, 0.3) is 5.43 Å². The first kappa shape index (κ1) is 14.8. The summed E-state index contributed by atoms with van der Waals surface area (Å²) in [6.45, 7) is 2.90. The van der Waals surface area contributed by atoms with Gasteiger partial charge in [0.1, 0.15) is 5.69 Å². The minimum absolute atomic E-state index is 0.136. The van der Waals surface area contributed by atoms with E-state index in [4.69, 9.17) is 4.74 Å². The Morgan fingerprint density at radius 1 is 1.04 bits per heavy atom. The molecule has 2 aliphatic rings. The van der Waals surface area contributed by atoms with Gasteiger partial charge in [-0.2, -0.15) is 0 Å². The first-order valence-electron chi connectivity index (χ1n) is 8.15. The van der Waals surface area contributed by atoms with Gasteiger partial charge in [0, 0.05) is 23.5 Å². The molecule has 0 saturated carbocycles. The highest BCUT2D eigenvalue weighted by Crippen LogP contribution is 2.38. The molecule has 0 spiro atoms. The number of hydrogen-bond donors (Lipinski definition) is 0. The minimum Gasteiger partial charge on any atom is -0.491 e. The van der Waals surface area contributed by atoms with Crippen molar-refractivity contribution in [3.63, 3.8) is 0 Å². The number of hydrogen-bond acceptors (Lipinski definition) is 3. The van der Waals surface area contributed by atoms with Gasteiger partial charge in [-0.1, -0.05) is 31.5 Å². The highest BCUT2D eigenvalue weighted by atomic mass is 16.5. The van der Waals surface area contributed by atoms with Crippen molar-refractivity contribution < 1.29 is 4.74 Å². The van der Waals surface area contributed by atoms with E-state index in [1.54, 1.807) is 0 Å². The van der Waals surface area contributed by atoms with Crippen molar-refractivity contribution in [1.82, 2.24) is 8.97 Å². The van der Waals surface area contributed by atoms with Crippen molar-refractivity contribution in [2.24, 2.45) is 0 Å². The average molecular weight is 322 g/mol. The number of pyridine rings is 2. The molecule has 122 valence electrons. The van der Waals surface area contributed by atoms with Crippen LogP contribution in [-0.4, -0.2) is 16.1 Å². The molecule has 1 aromatic carbocycles. The van der Waals surface area contributed by atoms with Crippen LogP contribution >= 0.6 is 0 Å². The normalized spacial score (nSPS) is 11.8. The van der Waals surface area contributed by atoms with Crippen LogP contribution in [0.3, 0.4) is 0 Å². The summed E-state index contributed by atoms with van der Waals surface area (Å²) < 4.78 is 8.90. The van der Waals surface area contributed by atoms with E-state index in [1.165, 1.54) is 11.5 Å². The number of fused-ring (bicyclic) bond motifs is 3. The molecule has 0 bridgehead atoms. The van der Waals surface area contributed by atoms with Crippen molar-refractivity contribution >= 4 is 16.3 Å². The Morgan fingerprint density at radius 3 is 2.58 bits per heavy atom. The summed E-state index contributed by atoms with van der Waals surface area (Å²) in [5, 5.41) is 1.93. The smallest absolute Gasteiger partial charge is 0.307 e. The van der Waals surface area contributed by atoms with E-state index in [9.17, 15) is 9.59 Å². The van der Waals surface area contributed by atoms with Crippen LogP contribution < -0.4 is 15.7 Å². The maximum Gasteiger partial charge on any atom is 0.307 e. The number of aromatic nitrogens is 2. The fraction of sp³-hybridized carbons (Fsp3) is 0.263. The molecule has 5 heteroatoms. The SMILES string of the molecule is CCCCn1ccc2c3n(c(=O)c(=O)c(OC)c1-3)c1ccccc21. The minimum atomic E-state index is -0.593. The molecule has 4 rings (SSSR count). The van der Waals surface area contributed by atoms with Crippen molar-refractivity contribution in [1.29, 1.82) is 0 Å². The molecule has 24 heavy (non-hydrogen) atoms. The van der Waals surface area contributed by atoms with Crippen LogP contribution in [-0.2, 0) is 6.54 Å². The molecular formula is C19H18N2O3. The van der Waals surface area contributed by atoms with Gasteiger partial charge in [0.05, 0.1) is 18.3 Å². The lowest BCUT2D eigenvalue weighted by molar-refractivity contribution is 0.406. The van der Waals surface area contributed by atoms with Crippen LogP contribution in [0.15, 0.2) is 46.1 Å². The number of para-hydroxylation sites is 1. The predicted molar refractivity (Wildman–Crippen MR) is 94.7 cm³/mol. The van der Waals surface area contributed by atoms with Gasteiger partial charge in [-0.15, -0.1) is 0 Å². The predicted octanol–water partition coefficient (Wildman–Crippen LogP) is 2.97. The molecule has 0 unspecified atom stereocenters. The monoisotopic (exact) mass is 322 g/mol. The zero-order chi connectivity index (χ0) is 16.8. The zero-order valence-electron chi connectivity index (χ0n) is 13.7. The molecule has 1 aromatic heterocycles. The Kier molecular flexibility index (Phi) is 3.30. The number of methoxy groups -OCH3 is 1. The molecule has 5 nitrogen and oxygen atoms in total. The van der Waals surface area contributed by atoms with Crippen LogP contribution in [0, 0.1) is 0 Å². The number of unbranched alkanes of at least 4 members (excludes halogenated alkanes) is 1. The molecule has 0 atom stereocenters. The average Bonchev–Trinajstić information content (AvgIpc) is 2.94. The van der Waals surface area contributed by atoms with Gasteiger partial charge in [-0.05, 0) is 18.6 Å². The lowest BCUT2D eigenvalue weighted by Crippen LogP contribution is -2.33. The first-order chi connectivity index (χ1) is 11.7. The van der Waals surface area contributed by atoms with Gasteiger partial charge in [0.2, 0.25) is 0 Å². The van der Waals surface area contributed by atoms with Crippen molar-refractivity contribution in [2.45, 2.75) is 26.3 Å². The van der Waals surface area contributed by atoms with E-state index in [0.717, 1.165) is 41.4 Å². The fourth-order valence-corrected chi connectivity index (χ4v) is 3.50. The second kappa shape index (κ2) is 5.37. The Hall–Kier alpha value is -2.82. The maximum absolute atomic E-state index is 12.7. The number of rotatable bonds is 4. The van der Waals surface area contributed by atoms with Gasteiger partial charge < -0.3 is 9.30 Å². The van der Waals surface area contributed by atoms with Crippen LogP contribution in [0.1, 0.15) is 19.8 Å². The lowest BCUT2D eigenvalue weighted by atomic mass is 10.1. The highest BCUT2D eigenvalue weighted by molar-refractivity contribution is 6.07. The largest absolute Gasteiger partial charge is 0.491 e. The fourth-order valence-electron chi connectivity index (χ4n) is 3.50. The van der Waals surface area contributed by atoms with E-state index in [2.05, 4.69) is 6.92 Å². The molecule has 0 N–H and O–H groups in total. The lowest BCUT2D eigenvalue weighted by Gasteiger charge is -2.18. The third-order valence-electron chi connectivity index (χ3n) is 4.62. The van der Waals surface area contributed by atoms with Crippen LogP contribution in [0.4, 0.5) is 0 Å². The standard InChI is InChI=1S/C19H18N2O3/c1-3-4-10-20-11-9-13-12-7-5-6-8-14(12)21-15(13)16(20)18(24-2)17(22)19(21)23/h5-9,11H,3-4,10H2,1-2H3. The van der Waals surface area contributed by atoms with E-state index < -0.39 is 11.0 Å². The van der Waals surface area contributed by atoms with E-state index in [-0.39, 0.29) is 5.75 Å². The van der Waals surface area contributed by atoms with Gasteiger partial charge in [-0.25, -0.2) is 0 Å². The Balaban J connectivity index is 2.26. The first-order valence-corrected chi connectivity index (χ1v) is 8.15. The Bertz CT molecular complexity index is 1120. The van der Waals surface area contributed by atoms with E-state index >= 15 is 0 Å². The summed E-state index contributed by atoms with van der Waals surface area (Å²) in [4.78, 5) is 25.3. The Morgan fingerprint density at radius 2 is 1.83 bits per heavy atom. The molecule has 0 aliphatic carbocycles. The van der Waals surface area contributed by atoms with Gasteiger partial charge in [0.15, 0.2) is 5.75 Å².